The summed E-state index contributed by atoms with van der Waals surface area (Å²) in [6.45, 7) is 3.17. The average Bonchev–Trinajstić information content (AvgIpc) is 2.70. The number of fused-ring (bicyclic) bond motifs is 1. The van der Waals surface area contributed by atoms with Crippen molar-refractivity contribution in [3.63, 3.8) is 0 Å². The topological polar surface area (TPSA) is 47.8 Å². The molecular weight excluding hydrogens is 256 g/mol. The fourth-order valence-corrected chi connectivity index (χ4v) is 2.59. The third kappa shape index (κ3) is 2.86. The van der Waals surface area contributed by atoms with Gasteiger partial charge in [0.1, 0.15) is 0 Å². The van der Waals surface area contributed by atoms with Crippen molar-refractivity contribution in [1.82, 2.24) is 14.5 Å². The summed E-state index contributed by atoms with van der Waals surface area (Å²) in [7, 11) is 4.13. The molecule has 0 amide bonds. The number of imidazole rings is 1. The van der Waals surface area contributed by atoms with Gasteiger partial charge in [-0.15, -0.1) is 0 Å². The maximum absolute atomic E-state index is 9.01. The third-order valence-corrected chi connectivity index (χ3v) is 3.58. The van der Waals surface area contributed by atoms with Crippen LogP contribution < -0.4 is 0 Å². The van der Waals surface area contributed by atoms with E-state index in [2.05, 4.69) is 41.5 Å². The number of aromatic amines is 1. The molecule has 0 aliphatic heterocycles. The first kappa shape index (κ1) is 13.8. The minimum atomic E-state index is 0.303. The van der Waals surface area contributed by atoms with Gasteiger partial charge in [0, 0.05) is 6.04 Å². The molecule has 0 fully saturated rings. The van der Waals surface area contributed by atoms with Crippen molar-refractivity contribution in [2.24, 2.45) is 0 Å². The molecule has 5 heteroatoms. The number of benzene rings is 1. The Labute approximate surface area is 118 Å². The molecule has 1 aromatic heterocycles. The van der Waals surface area contributed by atoms with Gasteiger partial charge in [0.2, 0.25) is 0 Å². The lowest BCUT2D eigenvalue weighted by Gasteiger charge is -2.17. The Bertz CT molecular complexity index is 675. The smallest absolute Gasteiger partial charge is 0.178 e. The number of hydrogen-bond acceptors (Lipinski definition) is 3. The highest BCUT2D eigenvalue weighted by Crippen LogP contribution is 2.22. The van der Waals surface area contributed by atoms with Crippen LogP contribution in [0.25, 0.3) is 11.0 Å². The Balaban J connectivity index is 2.44. The highest BCUT2D eigenvalue weighted by atomic mass is 32.1. The molecule has 2 rings (SSSR count). The van der Waals surface area contributed by atoms with E-state index in [1.807, 2.05) is 18.2 Å². The molecule has 1 atom stereocenters. The van der Waals surface area contributed by atoms with Crippen molar-refractivity contribution in [2.45, 2.75) is 19.4 Å². The second kappa shape index (κ2) is 5.55. The van der Waals surface area contributed by atoms with Gasteiger partial charge in [0.15, 0.2) is 4.77 Å². The lowest BCUT2D eigenvalue weighted by atomic mass is 10.2. The van der Waals surface area contributed by atoms with E-state index in [0.29, 0.717) is 11.6 Å². The van der Waals surface area contributed by atoms with E-state index < -0.39 is 0 Å². The zero-order valence-electron chi connectivity index (χ0n) is 11.5. The molecule has 0 aliphatic rings. The predicted octanol–water partition coefficient (Wildman–Crippen LogP) is 3.08. The van der Waals surface area contributed by atoms with Gasteiger partial charge >= 0.3 is 0 Å². The summed E-state index contributed by atoms with van der Waals surface area (Å²) in [5.74, 6) is 0. The first-order chi connectivity index (χ1) is 9.02. The normalized spacial score (nSPS) is 12.8. The number of H-pyrrole nitrogens is 1. The minimum absolute atomic E-state index is 0.303. The van der Waals surface area contributed by atoms with E-state index in [0.717, 1.165) is 28.8 Å². The minimum Gasteiger partial charge on any atom is -0.331 e. The van der Waals surface area contributed by atoms with Gasteiger partial charge in [-0.3, -0.25) is 0 Å². The van der Waals surface area contributed by atoms with E-state index in [1.54, 1.807) is 0 Å². The quantitative estimate of drug-likeness (QED) is 0.872. The Morgan fingerprint density at radius 1 is 1.47 bits per heavy atom. The molecule has 1 aromatic carbocycles. The SMILES string of the molecule is CC(CCN(C)C)n1c(=S)[nH]c2ccc(C#N)cc21. The number of nitrogens with zero attached hydrogens (tertiary/aromatic N) is 3. The number of nitriles is 1. The van der Waals surface area contributed by atoms with Crippen LogP contribution in [0.4, 0.5) is 0 Å². The third-order valence-electron chi connectivity index (χ3n) is 3.28. The fourth-order valence-electron chi connectivity index (χ4n) is 2.20. The van der Waals surface area contributed by atoms with Crippen LogP contribution in [0.15, 0.2) is 18.2 Å². The van der Waals surface area contributed by atoms with Crippen LogP contribution in [0, 0.1) is 16.1 Å². The number of rotatable bonds is 4. The molecule has 0 radical (unpaired) electrons. The molecular formula is C14H18N4S. The molecule has 0 saturated carbocycles. The Hall–Kier alpha value is -1.64. The Kier molecular flexibility index (Phi) is 4.03. The zero-order valence-corrected chi connectivity index (χ0v) is 12.3. The number of aromatic nitrogens is 2. The van der Waals surface area contributed by atoms with Crippen molar-refractivity contribution >= 4 is 23.3 Å². The first-order valence-corrected chi connectivity index (χ1v) is 6.73. The predicted molar refractivity (Wildman–Crippen MR) is 79.7 cm³/mol. The van der Waals surface area contributed by atoms with Gasteiger partial charge in [0.05, 0.1) is 22.7 Å². The summed E-state index contributed by atoms with van der Waals surface area (Å²) in [4.78, 5) is 5.36. The van der Waals surface area contributed by atoms with E-state index in [4.69, 9.17) is 17.5 Å². The molecule has 100 valence electrons. The van der Waals surface area contributed by atoms with Crippen LogP contribution in [0.2, 0.25) is 0 Å². The standard InChI is InChI=1S/C14H18N4S/c1-10(6-7-17(2)3)18-13-8-11(9-15)4-5-12(13)16-14(18)19/h4-5,8,10H,6-7H2,1-3H3,(H,16,19). The summed E-state index contributed by atoms with van der Waals surface area (Å²) in [5, 5.41) is 9.01. The number of hydrogen-bond donors (Lipinski definition) is 1. The van der Waals surface area contributed by atoms with Gasteiger partial charge in [-0.05, 0) is 64.4 Å². The molecule has 0 spiro atoms. The summed E-state index contributed by atoms with van der Waals surface area (Å²) in [6, 6.07) is 8.10. The maximum atomic E-state index is 9.01. The van der Waals surface area contributed by atoms with E-state index >= 15 is 0 Å². The fraction of sp³-hybridized carbons (Fsp3) is 0.429. The Morgan fingerprint density at radius 2 is 2.21 bits per heavy atom. The van der Waals surface area contributed by atoms with Gasteiger partial charge in [-0.2, -0.15) is 5.26 Å². The van der Waals surface area contributed by atoms with Crippen LogP contribution in [0.1, 0.15) is 24.9 Å². The van der Waals surface area contributed by atoms with Crippen molar-refractivity contribution < 1.29 is 0 Å². The van der Waals surface area contributed by atoms with Crippen molar-refractivity contribution in [3.8, 4) is 6.07 Å². The second-order valence-electron chi connectivity index (χ2n) is 5.08. The van der Waals surface area contributed by atoms with Crippen LogP contribution in [0.3, 0.4) is 0 Å². The first-order valence-electron chi connectivity index (χ1n) is 6.32. The van der Waals surface area contributed by atoms with Crippen LogP contribution >= 0.6 is 12.2 Å². The van der Waals surface area contributed by atoms with E-state index in [9.17, 15) is 0 Å². The molecule has 1 N–H and O–H groups in total. The van der Waals surface area contributed by atoms with Crippen molar-refractivity contribution in [1.29, 1.82) is 5.26 Å². The molecule has 2 aromatic rings. The second-order valence-corrected chi connectivity index (χ2v) is 5.47. The highest BCUT2D eigenvalue weighted by molar-refractivity contribution is 7.71. The van der Waals surface area contributed by atoms with Gasteiger partial charge in [0.25, 0.3) is 0 Å². The molecule has 0 aliphatic carbocycles. The van der Waals surface area contributed by atoms with Gasteiger partial charge in [-0.25, -0.2) is 0 Å². The monoisotopic (exact) mass is 274 g/mol. The molecule has 1 heterocycles. The summed E-state index contributed by atoms with van der Waals surface area (Å²) >= 11 is 5.40. The maximum Gasteiger partial charge on any atom is 0.178 e. The number of nitrogens with one attached hydrogen (secondary N) is 1. The summed E-state index contributed by atoms with van der Waals surface area (Å²) in [6.07, 6.45) is 1.02. The lowest BCUT2D eigenvalue weighted by Crippen LogP contribution is -2.17. The molecule has 0 saturated heterocycles. The van der Waals surface area contributed by atoms with Crippen LogP contribution in [0.5, 0.6) is 0 Å². The van der Waals surface area contributed by atoms with Crippen molar-refractivity contribution in [3.05, 3.63) is 28.5 Å². The molecule has 0 bridgehead atoms. The molecule has 1 unspecified atom stereocenters. The largest absolute Gasteiger partial charge is 0.331 e. The van der Waals surface area contributed by atoms with E-state index in [1.165, 1.54) is 0 Å². The molecule has 19 heavy (non-hydrogen) atoms. The van der Waals surface area contributed by atoms with Crippen molar-refractivity contribution in [2.75, 3.05) is 20.6 Å². The van der Waals surface area contributed by atoms with Crippen LogP contribution in [-0.4, -0.2) is 35.1 Å². The van der Waals surface area contributed by atoms with E-state index in [-0.39, 0.29) is 0 Å². The lowest BCUT2D eigenvalue weighted by molar-refractivity contribution is 0.359. The van der Waals surface area contributed by atoms with Gasteiger partial charge < -0.3 is 14.5 Å². The summed E-state index contributed by atoms with van der Waals surface area (Å²) in [5.41, 5.74) is 2.66. The average molecular weight is 274 g/mol. The highest BCUT2D eigenvalue weighted by Gasteiger charge is 2.12. The van der Waals surface area contributed by atoms with Gasteiger partial charge in [-0.1, -0.05) is 0 Å². The van der Waals surface area contributed by atoms with Crippen LogP contribution in [-0.2, 0) is 0 Å². The molecule has 4 nitrogen and oxygen atoms in total. The Morgan fingerprint density at radius 3 is 2.84 bits per heavy atom. The zero-order chi connectivity index (χ0) is 14.0. The summed E-state index contributed by atoms with van der Waals surface area (Å²) < 4.78 is 2.82.